The topological polar surface area (TPSA) is 15.3 Å². The average molecular weight is 232 g/mol. The van der Waals surface area contributed by atoms with Gasteiger partial charge in [-0.05, 0) is 25.5 Å². The van der Waals surface area contributed by atoms with Crippen molar-refractivity contribution in [3.63, 3.8) is 0 Å². The Hall–Kier alpha value is -0.860. The highest BCUT2D eigenvalue weighted by atomic mass is 15.2. The van der Waals surface area contributed by atoms with Crippen LogP contribution in [0.4, 0.5) is 0 Å². The van der Waals surface area contributed by atoms with Crippen LogP contribution < -0.4 is 5.32 Å². The molecule has 1 aliphatic heterocycles. The molecule has 1 fully saturated rings. The van der Waals surface area contributed by atoms with Gasteiger partial charge in [0.1, 0.15) is 0 Å². The number of nitrogens with zero attached hydrogens (tertiary/aromatic N) is 1. The summed E-state index contributed by atoms with van der Waals surface area (Å²) in [5.74, 6) is 0. The fourth-order valence-corrected chi connectivity index (χ4v) is 2.76. The first kappa shape index (κ1) is 12.6. The van der Waals surface area contributed by atoms with Gasteiger partial charge in [-0.3, -0.25) is 4.90 Å². The van der Waals surface area contributed by atoms with E-state index in [9.17, 15) is 0 Å². The molecule has 1 N–H and O–H groups in total. The van der Waals surface area contributed by atoms with E-state index in [4.69, 9.17) is 0 Å². The maximum atomic E-state index is 3.60. The summed E-state index contributed by atoms with van der Waals surface area (Å²) in [6.45, 7) is 8.08. The molecule has 2 unspecified atom stereocenters. The number of nitrogens with one attached hydrogen (secondary N) is 1. The molecule has 1 aromatic rings. The van der Waals surface area contributed by atoms with E-state index in [2.05, 4.69) is 54.4 Å². The molecule has 2 rings (SSSR count). The summed E-state index contributed by atoms with van der Waals surface area (Å²) in [5.41, 5.74) is 1.45. The van der Waals surface area contributed by atoms with Gasteiger partial charge in [-0.2, -0.15) is 0 Å². The maximum absolute atomic E-state index is 3.60. The van der Waals surface area contributed by atoms with Gasteiger partial charge in [0.2, 0.25) is 0 Å². The first-order valence-electron chi connectivity index (χ1n) is 6.85. The number of unbranched alkanes of at least 4 members (excludes halogenated alkanes) is 1. The molecule has 1 aromatic carbocycles. The van der Waals surface area contributed by atoms with E-state index in [0.717, 1.165) is 6.54 Å². The fourth-order valence-electron chi connectivity index (χ4n) is 2.76. The minimum atomic E-state index is 0.538. The standard InChI is InChI=1S/C15H24N2/c1-3-4-11-17-12-10-16-13(2)15(17)14-8-6-5-7-9-14/h5-9,13,15-16H,3-4,10-12H2,1-2H3. The van der Waals surface area contributed by atoms with Gasteiger partial charge in [-0.15, -0.1) is 0 Å². The van der Waals surface area contributed by atoms with Gasteiger partial charge in [0.25, 0.3) is 0 Å². The van der Waals surface area contributed by atoms with Crippen LogP contribution in [0, 0.1) is 0 Å². The normalized spacial score (nSPS) is 26.0. The summed E-state index contributed by atoms with van der Waals surface area (Å²) in [6, 6.07) is 12.0. The zero-order valence-corrected chi connectivity index (χ0v) is 11.0. The molecular weight excluding hydrogens is 208 g/mol. The molecule has 0 radical (unpaired) electrons. The zero-order valence-electron chi connectivity index (χ0n) is 11.0. The lowest BCUT2D eigenvalue weighted by molar-refractivity contribution is 0.124. The SMILES string of the molecule is CCCCN1CCNC(C)C1c1ccccc1. The van der Waals surface area contributed by atoms with E-state index in [1.54, 1.807) is 0 Å². The smallest absolute Gasteiger partial charge is 0.0499 e. The second kappa shape index (κ2) is 6.18. The summed E-state index contributed by atoms with van der Waals surface area (Å²) in [6.07, 6.45) is 2.58. The summed E-state index contributed by atoms with van der Waals surface area (Å²) in [4.78, 5) is 2.64. The molecule has 17 heavy (non-hydrogen) atoms. The van der Waals surface area contributed by atoms with E-state index >= 15 is 0 Å². The molecule has 0 saturated carbocycles. The maximum Gasteiger partial charge on any atom is 0.0499 e. The van der Waals surface area contributed by atoms with Gasteiger partial charge in [0.05, 0.1) is 0 Å². The van der Waals surface area contributed by atoms with Gasteiger partial charge < -0.3 is 5.32 Å². The lowest BCUT2D eigenvalue weighted by atomic mass is 9.96. The van der Waals surface area contributed by atoms with Gasteiger partial charge >= 0.3 is 0 Å². The minimum Gasteiger partial charge on any atom is -0.311 e. The van der Waals surface area contributed by atoms with Crippen molar-refractivity contribution in [1.82, 2.24) is 10.2 Å². The summed E-state index contributed by atoms with van der Waals surface area (Å²) in [7, 11) is 0. The highest BCUT2D eigenvalue weighted by molar-refractivity contribution is 5.21. The van der Waals surface area contributed by atoms with Crippen LogP contribution in [0.5, 0.6) is 0 Å². The van der Waals surface area contributed by atoms with Crippen molar-refractivity contribution in [3.05, 3.63) is 35.9 Å². The number of piperazine rings is 1. The Morgan fingerprint density at radius 3 is 2.76 bits per heavy atom. The van der Waals surface area contributed by atoms with E-state index < -0.39 is 0 Å². The third-order valence-electron chi connectivity index (χ3n) is 3.67. The number of hydrogen-bond acceptors (Lipinski definition) is 2. The van der Waals surface area contributed by atoms with Gasteiger partial charge in [0, 0.05) is 25.2 Å². The molecule has 1 aliphatic rings. The highest BCUT2D eigenvalue weighted by Gasteiger charge is 2.28. The van der Waals surface area contributed by atoms with Crippen molar-refractivity contribution >= 4 is 0 Å². The quantitative estimate of drug-likeness (QED) is 0.858. The van der Waals surface area contributed by atoms with Crippen LogP contribution in [0.2, 0.25) is 0 Å². The minimum absolute atomic E-state index is 0.538. The molecule has 94 valence electrons. The molecule has 0 aromatic heterocycles. The van der Waals surface area contributed by atoms with Crippen molar-refractivity contribution < 1.29 is 0 Å². The molecule has 2 heteroatoms. The summed E-state index contributed by atoms with van der Waals surface area (Å²) >= 11 is 0. The molecule has 1 saturated heterocycles. The second-order valence-corrected chi connectivity index (χ2v) is 4.99. The van der Waals surface area contributed by atoms with Crippen molar-refractivity contribution in [2.75, 3.05) is 19.6 Å². The summed E-state index contributed by atoms with van der Waals surface area (Å²) < 4.78 is 0. The Labute approximate surface area is 105 Å². The fraction of sp³-hybridized carbons (Fsp3) is 0.600. The zero-order chi connectivity index (χ0) is 12.1. The third kappa shape index (κ3) is 3.08. The van der Waals surface area contributed by atoms with Gasteiger partial charge in [-0.25, -0.2) is 0 Å². The van der Waals surface area contributed by atoms with Gasteiger partial charge in [-0.1, -0.05) is 43.7 Å². The molecule has 1 heterocycles. The molecule has 0 bridgehead atoms. The van der Waals surface area contributed by atoms with Crippen LogP contribution in [0.3, 0.4) is 0 Å². The van der Waals surface area contributed by atoms with Crippen molar-refractivity contribution in [2.24, 2.45) is 0 Å². The van der Waals surface area contributed by atoms with E-state index in [-0.39, 0.29) is 0 Å². The van der Waals surface area contributed by atoms with Crippen LogP contribution >= 0.6 is 0 Å². The number of hydrogen-bond donors (Lipinski definition) is 1. The predicted octanol–water partition coefficient (Wildman–Crippen LogP) is 2.82. The Morgan fingerprint density at radius 1 is 1.29 bits per heavy atom. The molecule has 2 atom stereocenters. The van der Waals surface area contributed by atoms with Crippen molar-refractivity contribution in [3.8, 4) is 0 Å². The van der Waals surface area contributed by atoms with Gasteiger partial charge in [0.15, 0.2) is 0 Å². The first-order chi connectivity index (χ1) is 8.33. The molecule has 0 amide bonds. The number of benzene rings is 1. The van der Waals surface area contributed by atoms with Crippen LogP contribution in [-0.4, -0.2) is 30.6 Å². The Bertz CT molecular complexity index is 323. The average Bonchev–Trinajstić information content (AvgIpc) is 2.37. The van der Waals surface area contributed by atoms with E-state index in [0.29, 0.717) is 12.1 Å². The van der Waals surface area contributed by atoms with Crippen LogP contribution in [0.15, 0.2) is 30.3 Å². The highest BCUT2D eigenvalue weighted by Crippen LogP contribution is 2.26. The van der Waals surface area contributed by atoms with Crippen LogP contribution in [0.1, 0.15) is 38.3 Å². The molecular formula is C15H24N2. The second-order valence-electron chi connectivity index (χ2n) is 4.99. The Balaban J connectivity index is 2.13. The monoisotopic (exact) mass is 232 g/mol. The lowest BCUT2D eigenvalue weighted by Crippen LogP contribution is -2.51. The Kier molecular flexibility index (Phi) is 4.57. The largest absolute Gasteiger partial charge is 0.311 e. The van der Waals surface area contributed by atoms with Crippen LogP contribution in [-0.2, 0) is 0 Å². The third-order valence-corrected chi connectivity index (χ3v) is 3.67. The molecule has 0 spiro atoms. The number of rotatable bonds is 4. The molecule has 0 aliphatic carbocycles. The van der Waals surface area contributed by atoms with Crippen molar-refractivity contribution in [1.29, 1.82) is 0 Å². The first-order valence-corrected chi connectivity index (χ1v) is 6.85. The Morgan fingerprint density at radius 2 is 2.06 bits per heavy atom. The predicted molar refractivity (Wildman–Crippen MR) is 73.1 cm³/mol. The summed E-state index contributed by atoms with van der Waals surface area (Å²) in [5, 5.41) is 3.60. The van der Waals surface area contributed by atoms with Crippen molar-refractivity contribution in [2.45, 2.75) is 38.8 Å². The van der Waals surface area contributed by atoms with E-state index in [1.165, 1.54) is 31.5 Å². The molecule has 2 nitrogen and oxygen atoms in total. The van der Waals surface area contributed by atoms with E-state index in [1.807, 2.05) is 0 Å². The van der Waals surface area contributed by atoms with Crippen LogP contribution in [0.25, 0.3) is 0 Å². The lowest BCUT2D eigenvalue weighted by Gasteiger charge is -2.41.